The Labute approximate surface area is 118 Å². The fraction of sp³-hybridized carbons (Fsp3) is 0.692. The summed E-state index contributed by atoms with van der Waals surface area (Å²) in [6.07, 6.45) is 1.78. The van der Waals surface area contributed by atoms with E-state index >= 15 is 0 Å². The van der Waals surface area contributed by atoms with Gasteiger partial charge in [0.1, 0.15) is 11.9 Å². The smallest absolute Gasteiger partial charge is 0.220 e. The maximum atomic E-state index is 11.3. The Bertz CT molecular complexity index is 462. The van der Waals surface area contributed by atoms with Crippen molar-refractivity contribution in [2.75, 3.05) is 33.4 Å². The van der Waals surface area contributed by atoms with Crippen LogP contribution in [0.2, 0.25) is 0 Å². The maximum absolute atomic E-state index is 11.3. The molecule has 1 amide bonds. The summed E-state index contributed by atoms with van der Waals surface area (Å²) in [6.45, 7) is 4.70. The molecule has 2 N–H and O–H groups in total. The van der Waals surface area contributed by atoms with Gasteiger partial charge in [-0.2, -0.15) is 0 Å². The average molecular weight is 283 g/mol. The fourth-order valence-electron chi connectivity index (χ4n) is 2.45. The molecular weight excluding hydrogens is 262 g/mol. The van der Waals surface area contributed by atoms with Gasteiger partial charge in [-0.25, -0.2) is 4.98 Å². The molecule has 0 aromatic carbocycles. The van der Waals surface area contributed by atoms with E-state index in [1.165, 1.54) is 0 Å². The number of hydrogen-bond acceptors (Lipinski definition) is 6. The van der Waals surface area contributed by atoms with Crippen LogP contribution in [-0.2, 0) is 20.8 Å². The van der Waals surface area contributed by atoms with Crippen molar-refractivity contribution in [2.24, 2.45) is 5.73 Å². The van der Waals surface area contributed by atoms with E-state index in [1.54, 1.807) is 13.4 Å². The predicted molar refractivity (Wildman–Crippen MR) is 70.9 cm³/mol. The van der Waals surface area contributed by atoms with E-state index in [9.17, 15) is 4.79 Å². The zero-order valence-electron chi connectivity index (χ0n) is 11.9. The molecular formula is C13H21N3O4. The summed E-state index contributed by atoms with van der Waals surface area (Å²) in [7, 11) is 1.58. The van der Waals surface area contributed by atoms with E-state index in [2.05, 4.69) is 9.88 Å². The van der Waals surface area contributed by atoms with Crippen molar-refractivity contribution in [3.63, 3.8) is 0 Å². The van der Waals surface area contributed by atoms with Gasteiger partial charge in [0, 0.05) is 33.7 Å². The van der Waals surface area contributed by atoms with Gasteiger partial charge in [0.25, 0.3) is 0 Å². The lowest BCUT2D eigenvalue weighted by atomic mass is 9.99. The number of primary amides is 1. The molecule has 1 aliphatic heterocycles. The minimum atomic E-state index is -0.693. The summed E-state index contributed by atoms with van der Waals surface area (Å²) < 4.78 is 16.3. The van der Waals surface area contributed by atoms with Crippen LogP contribution < -0.4 is 5.73 Å². The Morgan fingerprint density at radius 1 is 1.65 bits per heavy atom. The van der Waals surface area contributed by atoms with E-state index in [1.807, 2.05) is 6.92 Å². The number of ether oxygens (including phenoxy) is 2. The van der Waals surface area contributed by atoms with Crippen molar-refractivity contribution in [1.29, 1.82) is 0 Å². The van der Waals surface area contributed by atoms with Crippen LogP contribution >= 0.6 is 0 Å². The Kier molecular flexibility index (Phi) is 4.74. The van der Waals surface area contributed by atoms with E-state index in [0.29, 0.717) is 32.2 Å². The summed E-state index contributed by atoms with van der Waals surface area (Å²) in [6, 6.07) is 0. The summed E-state index contributed by atoms with van der Waals surface area (Å²) in [5.74, 6) is 0.246. The average Bonchev–Trinajstić information content (AvgIpc) is 2.68. The van der Waals surface area contributed by atoms with Crippen molar-refractivity contribution in [2.45, 2.75) is 25.5 Å². The highest BCUT2D eigenvalue weighted by Crippen LogP contribution is 2.21. The molecule has 0 bridgehead atoms. The third-order valence-corrected chi connectivity index (χ3v) is 3.41. The zero-order valence-corrected chi connectivity index (χ0v) is 11.9. The third kappa shape index (κ3) is 3.78. The van der Waals surface area contributed by atoms with E-state index in [-0.39, 0.29) is 6.42 Å². The van der Waals surface area contributed by atoms with Gasteiger partial charge in [-0.3, -0.25) is 9.69 Å². The second-order valence-corrected chi connectivity index (χ2v) is 5.15. The molecule has 2 heterocycles. The minimum Gasteiger partial charge on any atom is -0.449 e. The van der Waals surface area contributed by atoms with Crippen molar-refractivity contribution >= 4 is 5.91 Å². The Morgan fingerprint density at radius 2 is 2.45 bits per heavy atom. The lowest BCUT2D eigenvalue weighted by Gasteiger charge is -2.33. The fourth-order valence-corrected chi connectivity index (χ4v) is 2.45. The third-order valence-electron chi connectivity index (χ3n) is 3.41. The SMILES string of the molecule is COC1(CC(N)=O)COCCN(Cc2coc(C)n2)C1. The Balaban J connectivity index is 2.07. The molecule has 1 unspecified atom stereocenters. The normalized spacial score (nSPS) is 24.5. The number of carbonyl (C=O) groups excluding carboxylic acids is 1. The number of aromatic nitrogens is 1. The molecule has 1 atom stereocenters. The van der Waals surface area contributed by atoms with Crippen LogP contribution in [0.25, 0.3) is 0 Å². The number of oxazole rings is 1. The zero-order chi connectivity index (χ0) is 14.6. The van der Waals surface area contributed by atoms with E-state index in [4.69, 9.17) is 19.6 Å². The van der Waals surface area contributed by atoms with Gasteiger partial charge in [0.15, 0.2) is 5.89 Å². The van der Waals surface area contributed by atoms with Gasteiger partial charge >= 0.3 is 0 Å². The summed E-state index contributed by atoms with van der Waals surface area (Å²) >= 11 is 0. The molecule has 1 aliphatic rings. The number of hydrogen-bond donors (Lipinski definition) is 1. The molecule has 2 rings (SSSR count). The molecule has 20 heavy (non-hydrogen) atoms. The lowest BCUT2D eigenvalue weighted by molar-refractivity contribution is -0.129. The number of methoxy groups -OCH3 is 1. The standard InChI is InChI=1S/C13H21N3O4/c1-10-15-11(7-20-10)6-16-3-4-19-9-13(8-16,18-2)5-12(14)17/h7H,3-6,8-9H2,1-2H3,(H2,14,17). The molecule has 1 fully saturated rings. The lowest BCUT2D eigenvalue weighted by Crippen LogP contribution is -2.48. The Hall–Kier alpha value is -1.44. The van der Waals surface area contributed by atoms with Gasteiger partial charge in [-0.05, 0) is 0 Å². The number of amides is 1. The Morgan fingerprint density at radius 3 is 3.05 bits per heavy atom. The van der Waals surface area contributed by atoms with Crippen LogP contribution in [0.3, 0.4) is 0 Å². The molecule has 7 nitrogen and oxygen atoms in total. The highest BCUT2D eigenvalue weighted by atomic mass is 16.5. The highest BCUT2D eigenvalue weighted by molar-refractivity contribution is 5.75. The number of aryl methyl sites for hydroxylation is 1. The number of carbonyl (C=O) groups is 1. The molecule has 1 saturated heterocycles. The van der Waals surface area contributed by atoms with Gasteiger partial charge in [0.2, 0.25) is 5.91 Å². The molecule has 1 aromatic heterocycles. The minimum absolute atomic E-state index is 0.137. The van der Waals surface area contributed by atoms with Crippen molar-refractivity contribution < 1.29 is 18.7 Å². The van der Waals surface area contributed by atoms with Crippen LogP contribution in [0, 0.1) is 6.92 Å². The molecule has 1 aromatic rings. The first-order valence-corrected chi connectivity index (χ1v) is 6.57. The number of nitrogens with two attached hydrogens (primary N) is 1. The quantitative estimate of drug-likeness (QED) is 0.822. The largest absolute Gasteiger partial charge is 0.449 e. The molecule has 0 radical (unpaired) electrons. The van der Waals surface area contributed by atoms with Crippen LogP contribution in [0.1, 0.15) is 18.0 Å². The molecule has 112 valence electrons. The first-order chi connectivity index (χ1) is 9.53. The number of nitrogens with zero attached hydrogens (tertiary/aromatic N) is 2. The van der Waals surface area contributed by atoms with E-state index in [0.717, 1.165) is 12.2 Å². The number of rotatable bonds is 5. The maximum Gasteiger partial charge on any atom is 0.220 e. The predicted octanol–water partition coefficient (Wildman–Crippen LogP) is 0.0758. The second-order valence-electron chi connectivity index (χ2n) is 5.15. The van der Waals surface area contributed by atoms with Crippen LogP contribution in [-0.4, -0.2) is 54.8 Å². The van der Waals surface area contributed by atoms with Crippen molar-refractivity contribution in [3.05, 3.63) is 17.8 Å². The monoisotopic (exact) mass is 283 g/mol. The summed E-state index contributed by atoms with van der Waals surface area (Å²) in [5, 5.41) is 0. The van der Waals surface area contributed by atoms with Crippen LogP contribution in [0.15, 0.2) is 10.7 Å². The summed E-state index contributed by atoms with van der Waals surface area (Å²) in [4.78, 5) is 17.7. The van der Waals surface area contributed by atoms with Gasteiger partial charge in [-0.1, -0.05) is 0 Å². The van der Waals surface area contributed by atoms with Gasteiger partial charge in [0.05, 0.1) is 25.3 Å². The summed E-state index contributed by atoms with van der Waals surface area (Å²) in [5.41, 5.74) is 5.48. The van der Waals surface area contributed by atoms with Gasteiger partial charge < -0.3 is 19.6 Å². The van der Waals surface area contributed by atoms with Gasteiger partial charge in [-0.15, -0.1) is 0 Å². The first-order valence-electron chi connectivity index (χ1n) is 6.57. The topological polar surface area (TPSA) is 90.8 Å². The molecule has 0 spiro atoms. The second kappa shape index (κ2) is 6.34. The van der Waals surface area contributed by atoms with Crippen molar-refractivity contribution in [1.82, 2.24) is 9.88 Å². The molecule has 0 saturated carbocycles. The van der Waals surface area contributed by atoms with Crippen LogP contribution in [0.5, 0.6) is 0 Å². The van der Waals surface area contributed by atoms with Crippen molar-refractivity contribution in [3.8, 4) is 0 Å². The highest BCUT2D eigenvalue weighted by Gasteiger charge is 2.36. The van der Waals surface area contributed by atoms with Crippen LogP contribution in [0.4, 0.5) is 0 Å². The van der Waals surface area contributed by atoms with E-state index < -0.39 is 11.5 Å². The first kappa shape index (κ1) is 15.0. The molecule has 7 heteroatoms. The molecule has 0 aliphatic carbocycles.